The number of piperidine rings is 1. The number of benzene rings is 1. The summed E-state index contributed by atoms with van der Waals surface area (Å²) in [4.78, 5) is 2.52. The third kappa shape index (κ3) is 4.22. The highest BCUT2D eigenvalue weighted by Crippen LogP contribution is 2.34. The van der Waals surface area contributed by atoms with Crippen molar-refractivity contribution in [3.8, 4) is 17.0 Å². The standard InChI is InChI=1S/C14H14N4O.C7H15N/c1-8-6-9(2)12(11(19)7-8)13-10-4-3-5-18(10)14(15)17-16-13;1-2-8-6-4-3-5-7-8/h3-7,19H,1-2H3,(H2,15,17);2-7H2,1H3. The van der Waals surface area contributed by atoms with E-state index in [9.17, 15) is 5.11 Å². The maximum absolute atomic E-state index is 10.2. The quantitative estimate of drug-likeness (QED) is 0.720. The fourth-order valence-corrected chi connectivity index (χ4v) is 3.68. The maximum atomic E-state index is 10.2. The predicted molar refractivity (Wildman–Crippen MR) is 110 cm³/mol. The van der Waals surface area contributed by atoms with Gasteiger partial charge in [0, 0.05) is 11.8 Å². The van der Waals surface area contributed by atoms with E-state index in [2.05, 4.69) is 22.0 Å². The molecule has 0 spiro atoms. The van der Waals surface area contributed by atoms with Gasteiger partial charge in [0.05, 0.1) is 5.52 Å². The van der Waals surface area contributed by atoms with Crippen LogP contribution in [0.5, 0.6) is 5.75 Å². The van der Waals surface area contributed by atoms with E-state index in [0.717, 1.165) is 16.6 Å². The Morgan fingerprint density at radius 3 is 2.48 bits per heavy atom. The SMILES string of the molecule is CCN1CCCCC1.Cc1cc(C)c(-c2nnc(N)n3cccc23)c(O)c1. The molecule has 144 valence electrons. The molecule has 0 atom stereocenters. The van der Waals surface area contributed by atoms with Crippen LogP contribution in [0.2, 0.25) is 0 Å². The highest BCUT2D eigenvalue weighted by Gasteiger charge is 2.15. The number of hydrogen-bond acceptors (Lipinski definition) is 5. The van der Waals surface area contributed by atoms with E-state index in [-0.39, 0.29) is 5.75 Å². The van der Waals surface area contributed by atoms with Crippen molar-refractivity contribution >= 4 is 11.5 Å². The highest BCUT2D eigenvalue weighted by atomic mass is 16.3. The minimum Gasteiger partial charge on any atom is -0.507 e. The van der Waals surface area contributed by atoms with Crippen molar-refractivity contribution in [1.82, 2.24) is 19.5 Å². The zero-order valence-electron chi connectivity index (χ0n) is 16.4. The molecule has 4 rings (SSSR count). The number of aryl methyl sites for hydroxylation is 2. The number of hydrogen-bond donors (Lipinski definition) is 2. The fraction of sp³-hybridized carbons (Fsp3) is 0.429. The summed E-state index contributed by atoms with van der Waals surface area (Å²) in [5.41, 5.74) is 9.90. The van der Waals surface area contributed by atoms with E-state index >= 15 is 0 Å². The van der Waals surface area contributed by atoms with E-state index in [1.165, 1.54) is 38.9 Å². The number of aromatic hydroxyl groups is 1. The summed E-state index contributed by atoms with van der Waals surface area (Å²) in [6.45, 7) is 10.1. The number of phenols is 1. The van der Waals surface area contributed by atoms with Gasteiger partial charge in [0.25, 0.3) is 0 Å². The molecule has 0 radical (unpaired) electrons. The lowest BCUT2D eigenvalue weighted by Gasteiger charge is -2.24. The molecule has 0 bridgehead atoms. The van der Waals surface area contributed by atoms with Crippen LogP contribution in [0.3, 0.4) is 0 Å². The zero-order chi connectivity index (χ0) is 19.4. The molecule has 27 heavy (non-hydrogen) atoms. The maximum Gasteiger partial charge on any atom is 0.225 e. The second-order valence-corrected chi connectivity index (χ2v) is 7.14. The lowest BCUT2D eigenvalue weighted by Crippen LogP contribution is -2.29. The van der Waals surface area contributed by atoms with Gasteiger partial charge in [0.1, 0.15) is 11.4 Å². The van der Waals surface area contributed by atoms with Crippen molar-refractivity contribution in [2.45, 2.75) is 40.0 Å². The van der Waals surface area contributed by atoms with Crippen LogP contribution in [-0.4, -0.2) is 44.2 Å². The Labute approximate surface area is 160 Å². The molecule has 1 aromatic carbocycles. The zero-order valence-corrected chi connectivity index (χ0v) is 16.4. The van der Waals surface area contributed by atoms with E-state index in [4.69, 9.17) is 5.73 Å². The monoisotopic (exact) mass is 367 g/mol. The second kappa shape index (κ2) is 8.39. The summed E-state index contributed by atoms with van der Waals surface area (Å²) < 4.78 is 1.75. The molecular formula is C21H29N5O. The molecule has 1 fully saturated rings. The second-order valence-electron chi connectivity index (χ2n) is 7.14. The highest BCUT2D eigenvalue weighted by molar-refractivity contribution is 5.83. The third-order valence-electron chi connectivity index (χ3n) is 5.08. The molecule has 6 heteroatoms. The topological polar surface area (TPSA) is 79.7 Å². The number of fused-ring (bicyclic) bond motifs is 1. The van der Waals surface area contributed by atoms with E-state index in [0.29, 0.717) is 17.2 Å². The summed E-state index contributed by atoms with van der Waals surface area (Å²) in [7, 11) is 0. The first-order valence-corrected chi connectivity index (χ1v) is 9.63. The lowest BCUT2D eigenvalue weighted by molar-refractivity contribution is 0.240. The summed E-state index contributed by atoms with van der Waals surface area (Å²) in [6.07, 6.45) is 6.13. The number of nitrogen functional groups attached to an aromatic ring is 1. The van der Waals surface area contributed by atoms with Crippen LogP contribution in [0.1, 0.15) is 37.3 Å². The van der Waals surface area contributed by atoms with Crippen molar-refractivity contribution in [2.24, 2.45) is 0 Å². The van der Waals surface area contributed by atoms with E-state index in [1.54, 1.807) is 10.5 Å². The van der Waals surface area contributed by atoms with Crippen LogP contribution in [-0.2, 0) is 0 Å². The van der Waals surface area contributed by atoms with Gasteiger partial charge < -0.3 is 15.7 Å². The Morgan fingerprint density at radius 1 is 1.11 bits per heavy atom. The van der Waals surface area contributed by atoms with Gasteiger partial charge in [-0.1, -0.05) is 19.4 Å². The first kappa shape index (κ1) is 19.2. The number of nitrogens with zero attached hydrogens (tertiary/aromatic N) is 4. The predicted octanol–water partition coefficient (Wildman–Crippen LogP) is 3.79. The lowest BCUT2D eigenvalue weighted by atomic mass is 10.0. The fourth-order valence-electron chi connectivity index (χ4n) is 3.68. The van der Waals surface area contributed by atoms with Crippen LogP contribution in [0.15, 0.2) is 30.5 Å². The number of aromatic nitrogens is 3. The van der Waals surface area contributed by atoms with Crippen LogP contribution in [0.4, 0.5) is 5.95 Å². The number of rotatable bonds is 2. The number of phenolic OH excluding ortho intramolecular Hbond substituents is 1. The molecule has 0 aliphatic carbocycles. The summed E-state index contributed by atoms with van der Waals surface area (Å²) in [6, 6.07) is 7.50. The van der Waals surface area contributed by atoms with Crippen molar-refractivity contribution in [3.63, 3.8) is 0 Å². The van der Waals surface area contributed by atoms with Crippen LogP contribution in [0, 0.1) is 13.8 Å². The molecule has 0 amide bonds. The Bertz CT molecular complexity index is 889. The molecule has 1 aliphatic heterocycles. The molecule has 3 aromatic rings. The number of nitrogens with two attached hydrogens (primary N) is 1. The first-order chi connectivity index (χ1) is 13.0. The van der Waals surface area contributed by atoms with Crippen molar-refractivity contribution in [1.29, 1.82) is 0 Å². The normalized spacial score (nSPS) is 14.8. The van der Waals surface area contributed by atoms with Gasteiger partial charge in [-0.3, -0.25) is 4.40 Å². The van der Waals surface area contributed by atoms with Crippen molar-refractivity contribution in [2.75, 3.05) is 25.4 Å². The van der Waals surface area contributed by atoms with Crippen LogP contribution in [0.25, 0.3) is 16.8 Å². The van der Waals surface area contributed by atoms with Gasteiger partial charge in [-0.25, -0.2) is 0 Å². The molecule has 2 aromatic heterocycles. The number of likely N-dealkylation sites (tertiary alicyclic amines) is 1. The Kier molecular flexibility index (Phi) is 5.96. The van der Waals surface area contributed by atoms with Gasteiger partial charge in [0.2, 0.25) is 5.95 Å². The average Bonchev–Trinajstić information content (AvgIpc) is 3.15. The average molecular weight is 367 g/mol. The summed E-state index contributed by atoms with van der Waals surface area (Å²) in [5.74, 6) is 0.535. The molecule has 6 nitrogen and oxygen atoms in total. The van der Waals surface area contributed by atoms with Crippen molar-refractivity contribution < 1.29 is 5.11 Å². The molecule has 0 unspecified atom stereocenters. The molecule has 1 aliphatic rings. The van der Waals surface area contributed by atoms with E-state index < -0.39 is 0 Å². The van der Waals surface area contributed by atoms with E-state index in [1.807, 2.05) is 38.2 Å². The van der Waals surface area contributed by atoms with Gasteiger partial charge in [-0.2, -0.15) is 0 Å². The molecule has 3 N–H and O–H groups in total. The van der Waals surface area contributed by atoms with Crippen LogP contribution >= 0.6 is 0 Å². The van der Waals surface area contributed by atoms with Gasteiger partial charge in [-0.05, 0) is 75.6 Å². The summed E-state index contributed by atoms with van der Waals surface area (Å²) in [5, 5.41) is 18.3. The Hall–Kier alpha value is -2.60. The van der Waals surface area contributed by atoms with Crippen LogP contribution < -0.4 is 5.73 Å². The molecule has 1 saturated heterocycles. The Balaban J connectivity index is 0.000000221. The van der Waals surface area contributed by atoms with Gasteiger partial charge in [-0.15, -0.1) is 10.2 Å². The minimum atomic E-state index is 0.208. The summed E-state index contributed by atoms with van der Waals surface area (Å²) >= 11 is 0. The Morgan fingerprint density at radius 2 is 1.85 bits per heavy atom. The molecule has 0 saturated carbocycles. The molecular weight excluding hydrogens is 338 g/mol. The third-order valence-corrected chi connectivity index (χ3v) is 5.08. The largest absolute Gasteiger partial charge is 0.507 e. The van der Waals surface area contributed by atoms with Gasteiger partial charge in [0.15, 0.2) is 0 Å². The molecule has 3 heterocycles. The number of anilines is 1. The first-order valence-electron chi connectivity index (χ1n) is 9.63. The van der Waals surface area contributed by atoms with Gasteiger partial charge >= 0.3 is 0 Å². The smallest absolute Gasteiger partial charge is 0.225 e. The minimum absolute atomic E-state index is 0.208. The van der Waals surface area contributed by atoms with Crippen molar-refractivity contribution in [3.05, 3.63) is 41.6 Å².